The van der Waals surface area contributed by atoms with Gasteiger partial charge in [0.2, 0.25) is 0 Å². The number of rotatable bonds is 6. The van der Waals surface area contributed by atoms with Crippen LogP contribution in [0.5, 0.6) is 0 Å². The summed E-state index contributed by atoms with van der Waals surface area (Å²) in [6.07, 6.45) is 2.25. The Labute approximate surface area is 114 Å². The first-order valence-electron chi connectivity index (χ1n) is 5.77. The molecule has 0 fully saturated rings. The van der Waals surface area contributed by atoms with Gasteiger partial charge >= 0.3 is 0 Å². The van der Waals surface area contributed by atoms with E-state index in [4.69, 9.17) is 11.5 Å². The molecular weight excluding hydrogens is 269 g/mol. The zero-order valence-corrected chi connectivity index (χ0v) is 11.7. The quantitative estimate of drug-likeness (QED) is 0.682. The highest BCUT2D eigenvalue weighted by atomic mass is 32.2. The van der Waals surface area contributed by atoms with Crippen molar-refractivity contribution in [2.45, 2.75) is 18.6 Å². The summed E-state index contributed by atoms with van der Waals surface area (Å²) < 4.78 is 24.8. The van der Waals surface area contributed by atoms with Gasteiger partial charge in [0.05, 0.1) is 11.3 Å². The summed E-state index contributed by atoms with van der Waals surface area (Å²) >= 11 is 0. The van der Waals surface area contributed by atoms with Gasteiger partial charge in [-0.05, 0) is 18.6 Å². The SMILES string of the molecule is CC(CCNc1cc(C(N)=O)c(N)cc1F)S(C)=O. The van der Waals surface area contributed by atoms with Gasteiger partial charge in [0.25, 0.3) is 5.91 Å². The zero-order valence-electron chi connectivity index (χ0n) is 10.9. The molecule has 1 aromatic carbocycles. The second kappa shape index (κ2) is 6.51. The molecule has 0 bridgehead atoms. The molecule has 0 aliphatic carbocycles. The molecule has 106 valence electrons. The minimum Gasteiger partial charge on any atom is -0.398 e. The van der Waals surface area contributed by atoms with Crippen molar-refractivity contribution in [3.63, 3.8) is 0 Å². The number of primary amides is 1. The number of hydrogen-bond donors (Lipinski definition) is 3. The maximum absolute atomic E-state index is 13.6. The van der Waals surface area contributed by atoms with E-state index in [0.29, 0.717) is 13.0 Å². The fraction of sp³-hybridized carbons (Fsp3) is 0.417. The van der Waals surface area contributed by atoms with Crippen molar-refractivity contribution in [2.24, 2.45) is 5.73 Å². The molecule has 5 N–H and O–H groups in total. The van der Waals surface area contributed by atoms with E-state index >= 15 is 0 Å². The van der Waals surface area contributed by atoms with E-state index in [1.165, 1.54) is 6.07 Å². The largest absolute Gasteiger partial charge is 0.398 e. The minimum absolute atomic E-state index is 0.0126. The number of hydrogen-bond acceptors (Lipinski definition) is 4. The average molecular weight is 287 g/mol. The molecule has 0 aliphatic heterocycles. The van der Waals surface area contributed by atoms with Crippen LogP contribution >= 0.6 is 0 Å². The van der Waals surface area contributed by atoms with Gasteiger partial charge in [0, 0.05) is 34.5 Å². The van der Waals surface area contributed by atoms with Crippen LogP contribution in [0.1, 0.15) is 23.7 Å². The molecule has 0 saturated heterocycles. The Bertz CT molecular complexity index is 508. The smallest absolute Gasteiger partial charge is 0.250 e. The van der Waals surface area contributed by atoms with Gasteiger partial charge in [-0.25, -0.2) is 4.39 Å². The van der Waals surface area contributed by atoms with Crippen molar-refractivity contribution in [3.8, 4) is 0 Å². The Morgan fingerprint density at radius 2 is 2.16 bits per heavy atom. The van der Waals surface area contributed by atoms with Crippen molar-refractivity contribution in [3.05, 3.63) is 23.5 Å². The summed E-state index contributed by atoms with van der Waals surface area (Å²) in [5.41, 5.74) is 10.9. The Morgan fingerprint density at radius 3 is 2.68 bits per heavy atom. The van der Waals surface area contributed by atoms with E-state index in [1.807, 2.05) is 6.92 Å². The Morgan fingerprint density at radius 1 is 1.53 bits per heavy atom. The Balaban J connectivity index is 2.76. The van der Waals surface area contributed by atoms with Crippen molar-refractivity contribution >= 4 is 28.1 Å². The van der Waals surface area contributed by atoms with Crippen LogP contribution in [0.3, 0.4) is 0 Å². The van der Waals surface area contributed by atoms with Gasteiger partial charge in [0.15, 0.2) is 0 Å². The number of nitrogens with two attached hydrogens (primary N) is 2. The summed E-state index contributed by atoms with van der Waals surface area (Å²) in [7, 11) is -0.917. The number of anilines is 2. The number of nitrogens with one attached hydrogen (secondary N) is 1. The lowest BCUT2D eigenvalue weighted by Crippen LogP contribution is -2.17. The zero-order chi connectivity index (χ0) is 14.6. The summed E-state index contributed by atoms with van der Waals surface area (Å²) in [6.45, 7) is 2.30. The van der Waals surface area contributed by atoms with Gasteiger partial charge < -0.3 is 16.8 Å². The van der Waals surface area contributed by atoms with Gasteiger partial charge in [-0.2, -0.15) is 0 Å². The van der Waals surface area contributed by atoms with Crippen LogP contribution in [0.25, 0.3) is 0 Å². The summed E-state index contributed by atoms with van der Waals surface area (Å²) in [4.78, 5) is 11.1. The fourth-order valence-corrected chi connectivity index (χ4v) is 1.96. The summed E-state index contributed by atoms with van der Waals surface area (Å²) in [5, 5.41) is 2.86. The first kappa shape index (κ1) is 15.4. The van der Waals surface area contributed by atoms with Crippen LogP contribution in [-0.2, 0) is 10.8 Å². The molecule has 1 amide bonds. The lowest BCUT2D eigenvalue weighted by atomic mass is 10.1. The van der Waals surface area contributed by atoms with Crippen molar-refractivity contribution in [2.75, 3.05) is 23.9 Å². The molecule has 0 radical (unpaired) electrons. The molecule has 0 saturated carbocycles. The molecule has 2 atom stereocenters. The third-order valence-corrected chi connectivity index (χ3v) is 4.21. The van der Waals surface area contributed by atoms with Crippen LogP contribution in [-0.4, -0.2) is 28.2 Å². The molecule has 1 rings (SSSR count). The Kier molecular flexibility index (Phi) is 5.29. The van der Waals surface area contributed by atoms with E-state index in [2.05, 4.69) is 5.32 Å². The Hall–Kier alpha value is -1.63. The number of halogens is 1. The third kappa shape index (κ3) is 4.20. The number of amides is 1. The monoisotopic (exact) mass is 287 g/mol. The first-order valence-corrected chi connectivity index (χ1v) is 7.40. The molecule has 0 aliphatic rings. The first-order chi connectivity index (χ1) is 8.82. The van der Waals surface area contributed by atoms with Crippen LogP contribution in [0.15, 0.2) is 12.1 Å². The maximum atomic E-state index is 13.6. The molecule has 0 heterocycles. The van der Waals surface area contributed by atoms with Gasteiger partial charge in [-0.15, -0.1) is 0 Å². The van der Waals surface area contributed by atoms with Crippen molar-refractivity contribution in [1.29, 1.82) is 0 Å². The molecule has 0 aromatic heterocycles. The third-order valence-electron chi connectivity index (χ3n) is 2.84. The predicted octanol–water partition coefficient (Wildman–Crippen LogP) is 1.08. The number of carbonyl (C=O) groups excluding carboxylic acids is 1. The highest BCUT2D eigenvalue weighted by Gasteiger charge is 2.12. The minimum atomic E-state index is -0.917. The molecule has 5 nitrogen and oxygen atoms in total. The second-order valence-electron chi connectivity index (χ2n) is 4.31. The van der Waals surface area contributed by atoms with E-state index < -0.39 is 22.5 Å². The van der Waals surface area contributed by atoms with Gasteiger partial charge in [0.1, 0.15) is 5.82 Å². The molecule has 0 spiro atoms. The van der Waals surface area contributed by atoms with E-state index in [9.17, 15) is 13.4 Å². The average Bonchev–Trinajstić information content (AvgIpc) is 2.30. The van der Waals surface area contributed by atoms with Crippen LogP contribution in [0, 0.1) is 5.82 Å². The normalized spacial score (nSPS) is 13.8. The summed E-state index contributed by atoms with van der Waals surface area (Å²) in [5.74, 6) is -1.25. The fourth-order valence-electron chi connectivity index (χ4n) is 1.51. The standard InChI is InChI=1S/C12H18FN3O2S/c1-7(19(2)18)3-4-16-11-5-8(12(15)17)10(14)6-9(11)13/h5-7,16H,3-4,14H2,1-2H3,(H2,15,17). The lowest BCUT2D eigenvalue weighted by Gasteiger charge is -2.12. The van der Waals surface area contributed by atoms with Crippen molar-refractivity contribution in [1.82, 2.24) is 0 Å². The number of benzene rings is 1. The van der Waals surface area contributed by atoms with Crippen LogP contribution in [0.2, 0.25) is 0 Å². The molecule has 19 heavy (non-hydrogen) atoms. The highest BCUT2D eigenvalue weighted by molar-refractivity contribution is 7.84. The lowest BCUT2D eigenvalue weighted by molar-refractivity contribution is 0.100. The molecule has 7 heteroatoms. The molecular formula is C12H18FN3O2S. The van der Waals surface area contributed by atoms with E-state index in [0.717, 1.165) is 6.07 Å². The van der Waals surface area contributed by atoms with E-state index in [-0.39, 0.29) is 22.2 Å². The van der Waals surface area contributed by atoms with Crippen LogP contribution < -0.4 is 16.8 Å². The van der Waals surface area contributed by atoms with E-state index in [1.54, 1.807) is 6.26 Å². The number of carbonyl (C=O) groups is 1. The van der Waals surface area contributed by atoms with Gasteiger partial charge in [-0.1, -0.05) is 6.92 Å². The van der Waals surface area contributed by atoms with Crippen molar-refractivity contribution < 1.29 is 13.4 Å². The topological polar surface area (TPSA) is 98.2 Å². The summed E-state index contributed by atoms with van der Waals surface area (Å²) in [6, 6.07) is 2.35. The predicted molar refractivity (Wildman–Crippen MR) is 76.0 cm³/mol. The maximum Gasteiger partial charge on any atom is 0.250 e. The number of nitrogen functional groups attached to an aromatic ring is 1. The molecule has 1 aromatic rings. The highest BCUT2D eigenvalue weighted by Crippen LogP contribution is 2.22. The van der Waals surface area contributed by atoms with Crippen LogP contribution in [0.4, 0.5) is 15.8 Å². The van der Waals surface area contributed by atoms with Gasteiger partial charge in [-0.3, -0.25) is 9.00 Å². The second-order valence-corrected chi connectivity index (χ2v) is 6.11. The molecule has 2 unspecified atom stereocenters.